The summed E-state index contributed by atoms with van der Waals surface area (Å²) in [5.41, 5.74) is 1.91. The second-order valence-electron chi connectivity index (χ2n) is 7.04. The molecule has 0 bridgehead atoms. The van der Waals surface area contributed by atoms with Gasteiger partial charge in [-0.25, -0.2) is 0 Å². The maximum atomic E-state index is 13.1. The Morgan fingerprint density at radius 2 is 1.85 bits per heavy atom. The van der Waals surface area contributed by atoms with E-state index in [2.05, 4.69) is 11.4 Å². The van der Waals surface area contributed by atoms with Gasteiger partial charge in [-0.3, -0.25) is 9.69 Å². The summed E-state index contributed by atoms with van der Waals surface area (Å²) in [5.74, 6) is -0.177. The minimum Gasteiger partial charge on any atom is -0.348 e. The molecular weight excluding hydrogens is 353 g/mol. The molecular formula is C21H23F3N2O. The number of fused-ring (bicyclic) bond motifs is 1. The summed E-state index contributed by atoms with van der Waals surface area (Å²) in [6.07, 6.45) is -1.50. The number of likely N-dealkylation sites (N-methyl/N-ethyl adjacent to an activating group) is 1. The number of aryl methyl sites for hydroxylation is 1. The first kappa shape index (κ1) is 19.4. The van der Waals surface area contributed by atoms with Crippen LogP contribution in [0.4, 0.5) is 13.2 Å². The third kappa shape index (κ3) is 4.89. The van der Waals surface area contributed by atoms with E-state index in [0.29, 0.717) is 0 Å². The Morgan fingerprint density at radius 1 is 1.15 bits per heavy atom. The standard InChI is InChI=1S/C21H23F3N2O/c1-26(13-16-8-3-5-11-18(16)21(22,23)24)14-20(27)25-19-12-6-9-15-7-2-4-10-17(15)19/h2-5,7-8,10-11,19H,6,9,12-14H2,1H3,(H,25,27). The Morgan fingerprint density at radius 3 is 2.63 bits per heavy atom. The molecule has 2 aromatic rings. The maximum Gasteiger partial charge on any atom is 0.416 e. The lowest BCUT2D eigenvalue weighted by Crippen LogP contribution is -2.38. The molecule has 3 rings (SSSR count). The lowest BCUT2D eigenvalue weighted by atomic mass is 9.88. The number of benzene rings is 2. The molecule has 0 saturated heterocycles. The molecule has 0 aliphatic heterocycles. The Hall–Kier alpha value is -2.34. The SMILES string of the molecule is CN(CC(=O)NC1CCCc2ccccc21)Cc1ccccc1C(F)(F)F. The summed E-state index contributed by atoms with van der Waals surface area (Å²) in [6.45, 7) is 0.106. The van der Waals surface area contributed by atoms with Crippen LogP contribution in [0.1, 0.15) is 41.1 Å². The first-order chi connectivity index (χ1) is 12.8. The Labute approximate surface area is 157 Å². The van der Waals surface area contributed by atoms with Crippen molar-refractivity contribution in [3.8, 4) is 0 Å². The summed E-state index contributed by atoms with van der Waals surface area (Å²) in [7, 11) is 1.65. The number of alkyl halides is 3. The van der Waals surface area contributed by atoms with Gasteiger partial charge in [0.1, 0.15) is 0 Å². The highest BCUT2D eigenvalue weighted by Gasteiger charge is 2.33. The van der Waals surface area contributed by atoms with Crippen LogP contribution in [0.5, 0.6) is 0 Å². The van der Waals surface area contributed by atoms with E-state index in [1.54, 1.807) is 18.0 Å². The summed E-state index contributed by atoms with van der Waals surface area (Å²) in [4.78, 5) is 14.0. The van der Waals surface area contributed by atoms with E-state index in [9.17, 15) is 18.0 Å². The van der Waals surface area contributed by atoms with Crippen molar-refractivity contribution in [1.82, 2.24) is 10.2 Å². The van der Waals surface area contributed by atoms with Gasteiger partial charge in [-0.05, 0) is 49.1 Å². The molecule has 0 spiro atoms. The molecule has 1 aliphatic carbocycles. The number of nitrogens with one attached hydrogen (secondary N) is 1. The molecule has 1 unspecified atom stereocenters. The summed E-state index contributed by atoms with van der Waals surface area (Å²) in [5, 5.41) is 3.03. The number of rotatable bonds is 5. The average Bonchev–Trinajstić information content (AvgIpc) is 2.61. The normalized spacial score (nSPS) is 16.9. The van der Waals surface area contributed by atoms with Gasteiger partial charge in [0.2, 0.25) is 5.91 Å². The summed E-state index contributed by atoms with van der Waals surface area (Å²) in [6, 6.07) is 13.5. The highest BCUT2D eigenvalue weighted by atomic mass is 19.4. The molecule has 1 atom stereocenters. The molecule has 3 nitrogen and oxygen atoms in total. The number of amides is 1. The first-order valence-corrected chi connectivity index (χ1v) is 9.05. The highest BCUT2D eigenvalue weighted by molar-refractivity contribution is 5.78. The number of hydrogen-bond donors (Lipinski definition) is 1. The predicted molar refractivity (Wildman–Crippen MR) is 98.0 cm³/mol. The zero-order chi connectivity index (χ0) is 19.4. The van der Waals surface area contributed by atoms with Gasteiger partial charge in [0.25, 0.3) is 0 Å². The Bertz CT molecular complexity index is 804. The van der Waals surface area contributed by atoms with Crippen molar-refractivity contribution >= 4 is 5.91 Å². The molecule has 1 N–H and O–H groups in total. The van der Waals surface area contributed by atoms with Gasteiger partial charge in [-0.2, -0.15) is 13.2 Å². The van der Waals surface area contributed by atoms with Crippen LogP contribution in [0.15, 0.2) is 48.5 Å². The van der Waals surface area contributed by atoms with Gasteiger partial charge in [0.05, 0.1) is 18.2 Å². The summed E-state index contributed by atoms with van der Waals surface area (Å²) >= 11 is 0. The van der Waals surface area contributed by atoms with Crippen LogP contribution in [0, 0.1) is 0 Å². The van der Waals surface area contributed by atoms with Gasteiger partial charge in [-0.15, -0.1) is 0 Å². The lowest BCUT2D eigenvalue weighted by Gasteiger charge is -2.27. The van der Waals surface area contributed by atoms with Crippen molar-refractivity contribution in [3.63, 3.8) is 0 Å². The number of halogens is 3. The minimum atomic E-state index is -4.40. The molecule has 0 fully saturated rings. The molecule has 1 aliphatic rings. The minimum absolute atomic E-state index is 0.0293. The quantitative estimate of drug-likeness (QED) is 0.842. The molecule has 0 saturated carbocycles. The molecule has 27 heavy (non-hydrogen) atoms. The first-order valence-electron chi connectivity index (χ1n) is 9.05. The van der Waals surface area contributed by atoms with Crippen molar-refractivity contribution in [2.75, 3.05) is 13.6 Å². The van der Waals surface area contributed by atoms with E-state index in [-0.39, 0.29) is 30.6 Å². The van der Waals surface area contributed by atoms with Crippen LogP contribution in [0.25, 0.3) is 0 Å². The van der Waals surface area contributed by atoms with Crippen LogP contribution in [0.3, 0.4) is 0 Å². The van der Waals surface area contributed by atoms with E-state index in [1.807, 2.05) is 18.2 Å². The fourth-order valence-corrected chi connectivity index (χ4v) is 3.67. The van der Waals surface area contributed by atoms with Crippen LogP contribution < -0.4 is 5.32 Å². The fourth-order valence-electron chi connectivity index (χ4n) is 3.67. The average molecular weight is 376 g/mol. The van der Waals surface area contributed by atoms with Gasteiger partial charge in [0, 0.05) is 6.54 Å². The van der Waals surface area contributed by atoms with Crippen molar-refractivity contribution in [2.45, 2.75) is 38.0 Å². The molecule has 0 radical (unpaired) electrons. The lowest BCUT2D eigenvalue weighted by molar-refractivity contribution is -0.138. The number of nitrogens with zero attached hydrogens (tertiary/aromatic N) is 1. The van der Waals surface area contributed by atoms with Crippen LogP contribution >= 0.6 is 0 Å². The molecule has 6 heteroatoms. The number of carbonyl (C=O) groups is 1. The van der Waals surface area contributed by atoms with Crippen molar-refractivity contribution in [2.24, 2.45) is 0 Å². The topological polar surface area (TPSA) is 32.3 Å². The van der Waals surface area contributed by atoms with E-state index in [1.165, 1.54) is 17.7 Å². The molecule has 2 aromatic carbocycles. The number of carbonyl (C=O) groups excluding carboxylic acids is 1. The summed E-state index contributed by atoms with van der Waals surface area (Å²) < 4.78 is 39.3. The highest BCUT2D eigenvalue weighted by Crippen LogP contribution is 2.32. The second kappa shape index (κ2) is 8.13. The molecule has 0 heterocycles. The van der Waals surface area contributed by atoms with Crippen molar-refractivity contribution in [1.29, 1.82) is 0 Å². The Kier molecular flexibility index (Phi) is 5.85. The second-order valence-corrected chi connectivity index (χ2v) is 7.04. The van der Waals surface area contributed by atoms with Crippen LogP contribution in [0.2, 0.25) is 0 Å². The third-order valence-electron chi connectivity index (χ3n) is 4.88. The smallest absolute Gasteiger partial charge is 0.348 e. The van der Waals surface area contributed by atoms with Crippen molar-refractivity contribution < 1.29 is 18.0 Å². The van der Waals surface area contributed by atoms with E-state index in [4.69, 9.17) is 0 Å². The fraction of sp³-hybridized carbons (Fsp3) is 0.381. The van der Waals surface area contributed by atoms with E-state index >= 15 is 0 Å². The maximum absolute atomic E-state index is 13.1. The van der Waals surface area contributed by atoms with Crippen molar-refractivity contribution in [3.05, 3.63) is 70.8 Å². The molecule has 0 aromatic heterocycles. The van der Waals surface area contributed by atoms with Gasteiger partial charge < -0.3 is 5.32 Å². The zero-order valence-corrected chi connectivity index (χ0v) is 15.2. The molecule has 1 amide bonds. The Balaban J connectivity index is 1.61. The monoisotopic (exact) mass is 376 g/mol. The van der Waals surface area contributed by atoms with Gasteiger partial charge in [0.15, 0.2) is 0 Å². The largest absolute Gasteiger partial charge is 0.416 e. The van der Waals surface area contributed by atoms with E-state index in [0.717, 1.165) is 30.9 Å². The van der Waals surface area contributed by atoms with Crippen LogP contribution in [-0.2, 0) is 23.9 Å². The third-order valence-corrected chi connectivity index (χ3v) is 4.88. The predicted octanol–water partition coefficient (Wildman–Crippen LogP) is 4.33. The van der Waals surface area contributed by atoms with E-state index < -0.39 is 11.7 Å². The van der Waals surface area contributed by atoms with Crippen LogP contribution in [-0.4, -0.2) is 24.4 Å². The zero-order valence-electron chi connectivity index (χ0n) is 15.2. The number of hydrogen-bond acceptors (Lipinski definition) is 2. The van der Waals surface area contributed by atoms with Gasteiger partial charge >= 0.3 is 6.18 Å². The van der Waals surface area contributed by atoms with Gasteiger partial charge in [-0.1, -0.05) is 42.5 Å². The molecule has 144 valence electrons.